The van der Waals surface area contributed by atoms with Gasteiger partial charge in [0.05, 0.1) is 17.7 Å². The molecule has 3 rings (SSSR count). The van der Waals surface area contributed by atoms with E-state index in [4.69, 9.17) is 16.3 Å². The van der Waals surface area contributed by atoms with Crippen LogP contribution in [0.5, 0.6) is 5.75 Å². The number of nitro groups is 1. The van der Waals surface area contributed by atoms with E-state index < -0.39 is 10.8 Å². The predicted molar refractivity (Wildman–Crippen MR) is 105 cm³/mol. The molecule has 1 heterocycles. The lowest BCUT2D eigenvalue weighted by molar-refractivity contribution is -0.384. The molecule has 2 amide bonds. The molecule has 146 valence electrons. The molecule has 1 aliphatic heterocycles. The number of hydrogen-bond donors (Lipinski definition) is 1. The molecule has 0 radical (unpaired) electrons. The summed E-state index contributed by atoms with van der Waals surface area (Å²) in [6, 6.07) is 8.81. The number of piperidine rings is 1. The molecule has 0 spiro atoms. The van der Waals surface area contributed by atoms with Crippen molar-refractivity contribution in [2.45, 2.75) is 19.3 Å². The number of carbonyl (C=O) groups is 2. The summed E-state index contributed by atoms with van der Waals surface area (Å²) in [7, 11) is 1.49. The van der Waals surface area contributed by atoms with Crippen molar-refractivity contribution in [3.05, 3.63) is 57.1 Å². The summed E-state index contributed by atoms with van der Waals surface area (Å²) in [5, 5.41) is 13.6. The maximum absolute atomic E-state index is 12.5. The van der Waals surface area contributed by atoms with Gasteiger partial charge in [0, 0.05) is 36.3 Å². The number of carbonyl (C=O) groups excluding carboxylic acids is 2. The maximum Gasteiger partial charge on any atom is 0.288 e. The van der Waals surface area contributed by atoms with Crippen molar-refractivity contribution in [1.29, 1.82) is 0 Å². The zero-order valence-electron chi connectivity index (χ0n) is 15.1. The molecule has 1 saturated heterocycles. The third-order valence-corrected chi connectivity index (χ3v) is 4.78. The summed E-state index contributed by atoms with van der Waals surface area (Å²) >= 11 is 5.78. The minimum absolute atomic E-state index is 0.0369. The van der Waals surface area contributed by atoms with Crippen molar-refractivity contribution in [3.63, 3.8) is 0 Å². The van der Waals surface area contributed by atoms with Gasteiger partial charge in [-0.15, -0.1) is 0 Å². The number of rotatable bonds is 5. The van der Waals surface area contributed by atoms with E-state index in [0.29, 0.717) is 30.1 Å². The third kappa shape index (κ3) is 4.07. The lowest BCUT2D eigenvalue weighted by Gasteiger charge is -2.28. The molecular formula is C19H18ClN3O5. The molecule has 0 saturated carbocycles. The fourth-order valence-electron chi connectivity index (χ4n) is 3.04. The van der Waals surface area contributed by atoms with Gasteiger partial charge in [-0.3, -0.25) is 19.7 Å². The number of benzene rings is 2. The van der Waals surface area contributed by atoms with Gasteiger partial charge in [0.25, 0.3) is 11.6 Å². The second kappa shape index (κ2) is 8.26. The van der Waals surface area contributed by atoms with Gasteiger partial charge < -0.3 is 15.0 Å². The number of ether oxygens (including phenoxy) is 1. The largest absolute Gasteiger partial charge is 0.494 e. The van der Waals surface area contributed by atoms with Gasteiger partial charge in [-0.1, -0.05) is 11.6 Å². The number of methoxy groups -OCH3 is 1. The van der Waals surface area contributed by atoms with Crippen LogP contribution in [0.2, 0.25) is 5.02 Å². The summed E-state index contributed by atoms with van der Waals surface area (Å²) < 4.78 is 5.39. The molecule has 2 aromatic carbocycles. The van der Waals surface area contributed by atoms with Gasteiger partial charge in [-0.05, 0) is 37.1 Å². The molecule has 0 unspecified atom stereocenters. The van der Waals surface area contributed by atoms with Crippen LogP contribution in [0.3, 0.4) is 0 Å². The second-order valence-electron chi connectivity index (χ2n) is 6.27. The quantitative estimate of drug-likeness (QED) is 0.600. The van der Waals surface area contributed by atoms with Crippen LogP contribution in [0.4, 0.5) is 17.1 Å². The highest BCUT2D eigenvalue weighted by molar-refractivity contribution is 6.32. The van der Waals surface area contributed by atoms with Crippen molar-refractivity contribution >= 4 is 40.5 Å². The Morgan fingerprint density at radius 1 is 1.25 bits per heavy atom. The Kier molecular flexibility index (Phi) is 5.79. The number of halogens is 1. The Morgan fingerprint density at radius 3 is 2.71 bits per heavy atom. The highest BCUT2D eigenvalue weighted by Crippen LogP contribution is 2.34. The van der Waals surface area contributed by atoms with E-state index in [1.54, 1.807) is 23.1 Å². The monoisotopic (exact) mass is 403 g/mol. The predicted octanol–water partition coefficient (Wildman–Crippen LogP) is 4.03. The van der Waals surface area contributed by atoms with Gasteiger partial charge in [0.2, 0.25) is 5.91 Å². The van der Waals surface area contributed by atoms with Crippen LogP contribution in [-0.4, -0.2) is 30.4 Å². The summed E-state index contributed by atoms with van der Waals surface area (Å²) in [5.41, 5.74) is 0.844. The average molecular weight is 404 g/mol. The summed E-state index contributed by atoms with van der Waals surface area (Å²) in [5.74, 6) is -0.0337. The minimum Gasteiger partial charge on any atom is -0.494 e. The zero-order chi connectivity index (χ0) is 20.3. The van der Waals surface area contributed by atoms with Crippen LogP contribution in [0.15, 0.2) is 36.4 Å². The first-order valence-corrected chi connectivity index (χ1v) is 9.02. The lowest BCUT2D eigenvalue weighted by atomic mass is 10.1. The molecule has 1 fully saturated rings. The van der Waals surface area contributed by atoms with Gasteiger partial charge in [0.15, 0.2) is 0 Å². The molecule has 1 aliphatic rings. The molecule has 8 nitrogen and oxygen atoms in total. The van der Waals surface area contributed by atoms with Gasteiger partial charge in [-0.25, -0.2) is 0 Å². The van der Waals surface area contributed by atoms with Crippen molar-refractivity contribution in [2.75, 3.05) is 23.9 Å². The molecule has 28 heavy (non-hydrogen) atoms. The Labute approximate surface area is 166 Å². The fourth-order valence-corrected chi connectivity index (χ4v) is 3.22. The normalized spacial score (nSPS) is 13.9. The van der Waals surface area contributed by atoms with Gasteiger partial charge in [0.1, 0.15) is 10.8 Å². The standard InChI is InChI=1S/C19H18ClN3O5/c1-28-17-11-13(6-8-15(17)22-9-3-2-4-18(22)24)21-19(25)12-5-7-14(20)16(10-12)23(26)27/h5-8,10-11H,2-4,9H2,1H3,(H,21,25). The summed E-state index contributed by atoms with van der Waals surface area (Å²) in [6.07, 6.45) is 2.29. The Hall–Kier alpha value is -3.13. The number of nitrogens with one attached hydrogen (secondary N) is 1. The Morgan fingerprint density at radius 2 is 2.04 bits per heavy atom. The first kappa shape index (κ1) is 19.6. The van der Waals surface area contributed by atoms with Crippen molar-refractivity contribution < 1.29 is 19.2 Å². The third-order valence-electron chi connectivity index (χ3n) is 4.46. The molecular weight excluding hydrogens is 386 g/mol. The Balaban J connectivity index is 1.83. The van der Waals surface area contributed by atoms with Crippen molar-refractivity contribution in [3.8, 4) is 5.75 Å². The molecule has 0 bridgehead atoms. The number of hydrogen-bond acceptors (Lipinski definition) is 5. The molecule has 0 aromatic heterocycles. The van der Waals surface area contributed by atoms with Crippen LogP contribution in [0.25, 0.3) is 0 Å². The number of nitro benzene ring substituents is 1. The molecule has 1 N–H and O–H groups in total. The van der Waals surface area contributed by atoms with Crippen LogP contribution in [0, 0.1) is 10.1 Å². The minimum atomic E-state index is -0.646. The smallest absolute Gasteiger partial charge is 0.288 e. The van der Waals surface area contributed by atoms with Crippen LogP contribution in [-0.2, 0) is 4.79 Å². The van der Waals surface area contributed by atoms with E-state index >= 15 is 0 Å². The Bertz CT molecular complexity index is 947. The second-order valence-corrected chi connectivity index (χ2v) is 6.67. The number of amides is 2. The van der Waals surface area contributed by atoms with E-state index in [1.165, 1.54) is 19.2 Å². The number of nitrogens with zero attached hydrogens (tertiary/aromatic N) is 2. The maximum atomic E-state index is 12.5. The van der Waals surface area contributed by atoms with Crippen LogP contribution >= 0.6 is 11.6 Å². The zero-order valence-corrected chi connectivity index (χ0v) is 15.9. The van der Waals surface area contributed by atoms with Gasteiger partial charge >= 0.3 is 0 Å². The highest BCUT2D eigenvalue weighted by Gasteiger charge is 2.23. The topological polar surface area (TPSA) is 102 Å². The van der Waals surface area contributed by atoms with Crippen LogP contribution in [0.1, 0.15) is 29.6 Å². The van der Waals surface area contributed by atoms with E-state index in [9.17, 15) is 19.7 Å². The van der Waals surface area contributed by atoms with Gasteiger partial charge in [-0.2, -0.15) is 0 Å². The molecule has 9 heteroatoms. The average Bonchev–Trinajstić information content (AvgIpc) is 2.68. The lowest BCUT2D eigenvalue weighted by Crippen LogP contribution is -2.35. The summed E-state index contributed by atoms with van der Waals surface area (Å²) in [4.78, 5) is 36.6. The molecule has 0 atom stereocenters. The van der Waals surface area contributed by atoms with Crippen molar-refractivity contribution in [1.82, 2.24) is 0 Å². The van der Waals surface area contributed by atoms with Crippen LogP contribution < -0.4 is 15.0 Å². The van der Waals surface area contributed by atoms with E-state index in [2.05, 4.69) is 5.32 Å². The highest BCUT2D eigenvalue weighted by atomic mass is 35.5. The number of anilines is 2. The van der Waals surface area contributed by atoms with E-state index in [1.807, 2.05) is 0 Å². The van der Waals surface area contributed by atoms with E-state index in [0.717, 1.165) is 18.9 Å². The molecule has 2 aromatic rings. The first-order valence-electron chi connectivity index (χ1n) is 8.64. The SMILES string of the molecule is COc1cc(NC(=O)c2ccc(Cl)c([N+](=O)[O-])c2)ccc1N1CCCCC1=O. The molecule has 0 aliphatic carbocycles. The fraction of sp³-hybridized carbons (Fsp3) is 0.263. The van der Waals surface area contributed by atoms with Crippen molar-refractivity contribution in [2.24, 2.45) is 0 Å². The summed E-state index contributed by atoms with van der Waals surface area (Å²) in [6.45, 7) is 0.620. The van der Waals surface area contributed by atoms with E-state index in [-0.39, 0.29) is 22.2 Å². The first-order chi connectivity index (χ1) is 13.4.